The standard InChI is InChI=1S/C18H15NO5/c1-11(17(20)22-2)24-18(21)13-10-15(16-8-5-9-23-16)19-14-7-4-3-6-12(13)14/h3-11H,1-2H3. The molecule has 3 rings (SSSR count). The van der Waals surface area contributed by atoms with Crippen molar-refractivity contribution in [1.82, 2.24) is 4.98 Å². The van der Waals surface area contributed by atoms with Gasteiger partial charge in [0.05, 0.1) is 24.5 Å². The van der Waals surface area contributed by atoms with Crippen molar-refractivity contribution in [3.63, 3.8) is 0 Å². The summed E-state index contributed by atoms with van der Waals surface area (Å²) in [5.41, 5.74) is 1.45. The average Bonchev–Trinajstić information content (AvgIpc) is 3.14. The summed E-state index contributed by atoms with van der Waals surface area (Å²) >= 11 is 0. The molecule has 0 aliphatic rings. The van der Waals surface area contributed by atoms with Crippen molar-refractivity contribution in [2.24, 2.45) is 0 Å². The summed E-state index contributed by atoms with van der Waals surface area (Å²) in [4.78, 5) is 28.5. The first-order chi connectivity index (χ1) is 11.6. The Hall–Kier alpha value is -3.15. The minimum Gasteiger partial charge on any atom is -0.466 e. The monoisotopic (exact) mass is 325 g/mol. The second kappa shape index (κ2) is 6.54. The third kappa shape index (κ3) is 2.99. The average molecular weight is 325 g/mol. The molecule has 0 spiro atoms. The van der Waals surface area contributed by atoms with Gasteiger partial charge in [0.2, 0.25) is 0 Å². The Morgan fingerprint density at radius 3 is 2.67 bits per heavy atom. The van der Waals surface area contributed by atoms with Crippen LogP contribution in [0.5, 0.6) is 0 Å². The SMILES string of the molecule is COC(=O)C(C)OC(=O)c1cc(-c2ccco2)nc2ccccc12. The molecular formula is C18H15NO5. The molecule has 1 atom stereocenters. The van der Waals surface area contributed by atoms with E-state index < -0.39 is 18.0 Å². The fourth-order valence-electron chi connectivity index (χ4n) is 2.33. The zero-order valence-corrected chi connectivity index (χ0v) is 13.2. The van der Waals surface area contributed by atoms with Crippen LogP contribution >= 0.6 is 0 Å². The van der Waals surface area contributed by atoms with Crippen LogP contribution in [0.3, 0.4) is 0 Å². The maximum Gasteiger partial charge on any atom is 0.346 e. The predicted octanol–water partition coefficient (Wildman–Crippen LogP) is 3.21. The number of nitrogens with zero attached hydrogens (tertiary/aromatic N) is 1. The van der Waals surface area contributed by atoms with Gasteiger partial charge in [-0.15, -0.1) is 0 Å². The molecular weight excluding hydrogens is 310 g/mol. The lowest BCUT2D eigenvalue weighted by Gasteiger charge is -2.12. The number of ether oxygens (including phenoxy) is 2. The number of rotatable bonds is 4. The molecule has 1 unspecified atom stereocenters. The Labute approximate surface area is 138 Å². The van der Waals surface area contributed by atoms with Crippen molar-refractivity contribution in [2.45, 2.75) is 13.0 Å². The number of benzene rings is 1. The van der Waals surface area contributed by atoms with Gasteiger partial charge in [-0.25, -0.2) is 14.6 Å². The number of para-hydroxylation sites is 1. The molecule has 6 heteroatoms. The summed E-state index contributed by atoms with van der Waals surface area (Å²) < 4.78 is 15.1. The van der Waals surface area contributed by atoms with Crippen LogP contribution in [-0.2, 0) is 14.3 Å². The van der Waals surface area contributed by atoms with E-state index in [4.69, 9.17) is 9.15 Å². The van der Waals surface area contributed by atoms with Crippen LogP contribution in [0.4, 0.5) is 0 Å². The molecule has 0 amide bonds. The smallest absolute Gasteiger partial charge is 0.346 e. The summed E-state index contributed by atoms with van der Waals surface area (Å²) in [6, 6.07) is 12.3. The van der Waals surface area contributed by atoms with Gasteiger partial charge in [-0.2, -0.15) is 0 Å². The van der Waals surface area contributed by atoms with E-state index in [1.807, 2.05) is 6.07 Å². The number of pyridine rings is 1. The lowest BCUT2D eigenvalue weighted by molar-refractivity contribution is -0.149. The lowest BCUT2D eigenvalue weighted by atomic mass is 10.1. The molecule has 6 nitrogen and oxygen atoms in total. The largest absolute Gasteiger partial charge is 0.466 e. The molecule has 1 aromatic carbocycles. The molecule has 0 aliphatic carbocycles. The molecule has 0 aliphatic heterocycles. The first-order valence-corrected chi connectivity index (χ1v) is 7.32. The lowest BCUT2D eigenvalue weighted by Crippen LogP contribution is -2.25. The van der Waals surface area contributed by atoms with Gasteiger partial charge in [0.15, 0.2) is 11.9 Å². The molecule has 0 saturated carbocycles. The van der Waals surface area contributed by atoms with Crippen molar-refractivity contribution in [1.29, 1.82) is 0 Å². The fourth-order valence-corrected chi connectivity index (χ4v) is 2.33. The van der Waals surface area contributed by atoms with Gasteiger partial charge in [-0.3, -0.25) is 0 Å². The van der Waals surface area contributed by atoms with Crippen LogP contribution in [0.15, 0.2) is 53.1 Å². The Kier molecular flexibility index (Phi) is 4.29. The van der Waals surface area contributed by atoms with Gasteiger partial charge in [-0.05, 0) is 31.2 Å². The highest BCUT2D eigenvalue weighted by Gasteiger charge is 2.22. The summed E-state index contributed by atoms with van der Waals surface area (Å²) in [6.45, 7) is 1.46. The summed E-state index contributed by atoms with van der Waals surface area (Å²) in [5.74, 6) is -0.705. The zero-order valence-electron chi connectivity index (χ0n) is 13.2. The Balaban J connectivity index is 2.05. The van der Waals surface area contributed by atoms with Crippen molar-refractivity contribution in [3.8, 4) is 11.5 Å². The summed E-state index contributed by atoms with van der Waals surface area (Å²) in [5, 5.41) is 0.634. The van der Waals surface area contributed by atoms with Gasteiger partial charge >= 0.3 is 11.9 Å². The number of fused-ring (bicyclic) bond motifs is 1. The van der Waals surface area contributed by atoms with E-state index in [2.05, 4.69) is 9.72 Å². The summed E-state index contributed by atoms with van der Waals surface area (Å²) in [7, 11) is 1.24. The minimum atomic E-state index is -0.999. The number of hydrogen-bond acceptors (Lipinski definition) is 6. The topological polar surface area (TPSA) is 78.6 Å². The van der Waals surface area contributed by atoms with E-state index in [1.165, 1.54) is 20.3 Å². The van der Waals surface area contributed by atoms with E-state index in [1.54, 1.807) is 36.4 Å². The number of methoxy groups -OCH3 is 1. The number of carbonyl (C=O) groups is 2. The van der Waals surface area contributed by atoms with E-state index in [9.17, 15) is 9.59 Å². The number of aromatic nitrogens is 1. The van der Waals surface area contributed by atoms with E-state index in [0.717, 1.165) is 0 Å². The number of esters is 2. The Bertz CT molecular complexity index is 886. The Morgan fingerprint density at radius 1 is 1.17 bits per heavy atom. The number of furan rings is 1. The molecule has 0 radical (unpaired) electrons. The van der Waals surface area contributed by atoms with Gasteiger partial charge in [0.1, 0.15) is 5.69 Å². The predicted molar refractivity (Wildman–Crippen MR) is 86.3 cm³/mol. The molecule has 2 aromatic heterocycles. The van der Waals surface area contributed by atoms with Crippen LogP contribution in [-0.4, -0.2) is 30.1 Å². The van der Waals surface area contributed by atoms with E-state index in [-0.39, 0.29) is 0 Å². The first kappa shape index (κ1) is 15.7. The molecule has 0 bridgehead atoms. The quantitative estimate of drug-likeness (QED) is 0.685. The van der Waals surface area contributed by atoms with Crippen LogP contribution in [0, 0.1) is 0 Å². The van der Waals surface area contributed by atoms with Crippen LogP contribution in [0.25, 0.3) is 22.4 Å². The van der Waals surface area contributed by atoms with E-state index >= 15 is 0 Å². The molecule has 0 saturated heterocycles. The second-order valence-electron chi connectivity index (χ2n) is 5.12. The zero-order chi connectivity index (χ0) is 17.1. The molecule has 0 N–H and O–H groups in total. The number of hydrogen-bond donors (Lipinski definition) is 0. The van der Waals surface area contributed by atoms with Crippen molar-refractivity contribution < 1.29 is 23.5 Å². The highest BCUT2D eigenvalue weighted by molar-refractivity contribution is 6.05. The van der Waals surface area contributed by atoms with Crippen LogP contribution in [0.2, 0.25) is 0 Å². The van der Waals surface area contributed by atoms with Gasteiger partial charge < -0.3 is 13.9 Å². The van der Waals surface area contributed by atoms with E-state index in [0.29, 0.717) is 27.9 Å². The molecule has 0 fully saturated rings. The van der Waals surface area contributed by atoms with Gasteiger partial charge in [0.25, 0.3) is 0 Å². The third-order valence-electron chi connectivity index (χ3n) is 3.53. The first-order valence-electron chi connectivity index (χ1n) is 7.32. The van der Waals surface area contributed by atoms with Gasteiger partial charge in [-0.1, -0.05) is 18.2 Å². The molecule has 24 heavy (non-hydrogen) atoms. The normalized spacial score (nSPS) is 11.9. The highest BCUT2D eigenvalue weighted by Crippen LogP contribution is 2.26. The Morgan fingerprint density at radius 2 is 1.96 bits per heavy atom. The van der Waals surface area contributed by atoms with Gasteiger partial charge in [0, 0.05) is 5.39 Å². The van der Waals surface area contributed by atoms with Crippen LogP contribution in [0.1, 0.15) is 17.3 Å². The van der Waals surface area contributed by atoms with Crippen LogP contribution < -0.4 is 0 Å². The second-order valence-corrected chi connectivity index (χ2v) is 5.12. The maximum absolute atomic E-state index is 12.5. The third-order valence-corrected chi connectivity index (χ3v) is 3.53. The maximum atomic E-state index is 12.5. The minimum absolute atomic E-state index is 0.308. The summed E-state index contributed by atoms with van der Waals surface area (Å²) in [6.07, 6.45) is 0.533. The molecule has 122 valence electrons. The fraction of sp³-hybridized carbons (Fsp3) is 0.167. The van der Waals surface area contributed by atoms with Crippen molar-refractivity contribution in [3.05, 3.63) is 54.3 Å². The molecule has 3 aromatic rings. The highest BCUT2D eigenvalue weighted by atomic mass is 16.6. The molecule has 2 heterocycles. The van der Waals surface area contributed by atoms with Crippen molar-refractivity contribution in [2.75, 3.05) is 7.11 Å². The number of carbonyl (C=O) groups excluding carboxylic acids is 2. The van der Waals surface area contributed by atoms with Crippen molar-refractivity contribution >= 4 is 22.8 Å².